The van der Waals surface area contributed by atoms with Gasteiger partial charge in [-0.3, -0.25) is 9.69 Å². The molecular formula is C21H39N3O. The third-order valence-corrected chi connectivity index (χ3v) is 7.13. The topological polar surface area (TPSA) is 26.8 Å². The smallest absolute Gasteiger partial charge is 0.227 e. The predicted molar refractivity (Wildman–Crippen MR) is 104 cm³/mol. The molecule has 1 saturated carbocycles. The third kappa shape index (κ3) is 4.57. The van der Waals surface area contributed by atoms with Gasteiger partial charge in [-0.05, 0) is 64.3 Å². The Labute approximate surface area is 154 Å². The fraction of sp³-hybridized carbons (Fsp3) is 0.952. The number of hydrogen-bond donors (Lipinski definition) is 0. The molecule has 3 rings (SSSR count). The van der Waals surface area contributed by atoms with Crippen molar-refractivity contribution >= 4 is 5.91 Å². The van der Waals surface area contributed by atoms with Gasteiger partial charge < -0.3 is 9.80 Å². The van der Waals surface area contributed by atoms with Crippen LogP contribution < -0.4 is 0 Å². The standard InChI is InChI=1S/C21H39N3O/c1-16(2)18-5-7-20(8-6-18)22-11-13-23(14-12-22)21(25)19-9-10-24(15-19)17(3)4/h16-20H,5-15H2,1-4H3/t18?,19-,20?/m0/s1. The first kappa shape index (κ1) is 19.2. The minimum Gasteiger partial charge on any atom is -0.340 e. The molecule has 2 heterocycles. The first-order valence-corrected chi connectivity index (χ1v) is 10.7. The van der Waals surface area contributed by atoms with Crippen LogP contribution in [0.2, 0.25) is 0 Å². The average Bonchev–Trinajstić information content (AvgIpc) is 3.12. The molecule has 0 unspecified atom stereocenters. The molecule has 4 nitrogen and oxygen atoms in total. The van der Waals surface area contributed by atoms with Gasteiger partial charge in [-0.2, -0.15) is 0 Å². The van der Waals surface area contributed by atoms with Crippen LogP contribution in [0.1, 0.15) is 59.8 Å². The number of hydrogen-bond acceptors (Lipinski definition) is 3. The Balaban J connectivity index is 1.42. The Morgan fingerprint density at radius 2 is 1.48 bits per heavy atom. The molecule has 0 N–H and O–H groups in total. The second-order valence-corrected chi connectivity index (χ2v) is 9.25. The molecule has 3 fully saturated rings. The van der Waals surface area contributed by atoms with Gasteiger partial charge in [0.15, 0.2) is 0 Å². The number of carbonyl (C=O) groups excluding carboxylic acids is 1. The van der Waals surface area contributed by atoms with Crippen molar-refractivity contribution in [2.24, 2.45) is 17.8 Å². The minimum absolute atomic E-state index is 0.246. The van der Waals surface area contributed by atoms with Gasteiger partial charge in [0.2, 0.25) is 5.91 Å². The van der Waals surface area contributed by atoms with Gasteiger partial charge in [0.1, 0.15) is 0 Å². The normalized spacial score (nSPS) is 32.7. The summed E-state index contributed by atoms with van der Waals surface area (Å²) >= 11 is 0. The molecule has 144 valence electrons. The van der Waals surface area contributed by atoms with Gasteiger partial charge >= 0.3 is 0 Å². The van der Waals surface area contributed by atoms with Gasteiger partial charge in [-0.1, -0.05) is 13.8 Å². The Hall–Kier alpha value is -0.610. The molecule has 4 heteroatoms. The van der Waals surface area contributed by atoms with E-state index < -0.39 is 0 Å². The highest BCUT2D eigenvalue weighted by Gasteiger charge is 2.35. The highest BCUT2D eigenvalue weighted by Crippen LogP contribution is 2.32. The second kappa shape index (κ2) is 8.39. The summed E-state index contributed by atoms with van der Waals surface area (Å²) in [6.07, 6.45) is 6.57. The predicted octanol–water partition coefficient (Wildman–Crippen LogP) is 3.08. The Kier molecular flexibility index (Phi) is 6.43. The van der Waals surface area contributed by atoms with E-state index in [9.17, 15) is 4.79 Å². The quantitative estimate of drug-likeness (QED) is 0.780. The van der Waals surface area contributed by atoms with Crippen molar-refractivity contribution in [1.29, 1.82) is 0 Å². The van der Waals surface area contributed by atoms with Crippen molar-refractivity contribution in [1.82, 2.24) is 14.7 Å². The van der Waals surface area contributed by atoms with Crippen LogP contribution in [0.5, 0.6) is 0 Å². The number of amides is 1. The van der Waals surface area contributed by atoms with Crippen LogP contribution in [0.3, 0.4) is 0 Å². The van der Waals surface area contributed by atoms with Crippen LogP contribution in [0, 0.1) is 17.8 Å². The zero-order valence-corrected chi connectivity index (χ0v) is 16.9. The molecule has 0 spiro atoms. The van der Waals surface area contributed by atoms with E-state index in [2.05, 4.69) is 42.4 Å². The molecule has 1 amide bonds. The zero-order chi connectivity index (χ0) is 18.0. The summed E-state index contributed by atoms with van der Waals surface area (Å²) < 4.78 is 0. The number of likely N-dealkylation sites (tertiary alicyclic amines) is 1. The summed E-state index contributed by atoms with van der Waals surface area (Å²) in [5.74, 6) is 2.44. The third-order valence-electron chi connectivity index (χ3n) is 7.13. The average molecular weight is 350 g/mol. The molecule has 25 heavy (non-hydrogen) atoms. The van der Waals surface area contributed by atoms with E-state index in [-0.39, 0.29) is 5.92 Å². The van der Waals surface area contributed by atoms with Crippen LogP contribution in [0.4, 0.5) is 0 Å². The molecule has 0 bridgehead atoms. The van der Waals surface area contributed by atoms with E-state index in [1.165, 1.54) is 25.7 Å². The van der Waals surface area contributed by atoms with Crippen molar-refractivity contribution in [3.63, 3.8) is 0 Å². The van der Waals surface area contributed by atoms with Crippen molar-refractivity contribution in [3.8, 4) is 0 Å². The minimum atomic E-state index is 0.246. The lowest BCUT2D eigenvalue weighted by molar-refractivity contribution is -0.137. The second-order valence-electron chi connectivity index (χ2n) is 9.25. The van der Waals surface area contributed by atoms with Gasteiger partial charge in [0, 0.05) is 44.8 Å². The van der Waals surface area contributed by atoms with E-state index in [4.69, 9.17) is 0 Å². The molecule has 1 aliphatic carbocycles. The Morgan fingerprint density at radius 3 is 2.00 bits per heavy atom. The summed E-state index contributed by atoms with van der Waals surface area (Å²) in [5, 5.41) is 0. The highest BCUT2D eigenvalue weighted by molar-refractivity contribution is 5.79. The Morgan fingerprint density at radius 1 is 0.840 bits per heavy atom. The van der Waals surface area contributed by atoms with Crippen molar-refractivity contribution < 1.29 is 4.79 Å². The molecular weight excluding hydrogens is 310 g/mol. The largest absolute Gasteiger partial charge is 0.340 e. The number of piperazine rings is 1. The van der Waals surface area contributed by atoms with Crippen LogP contribution in [0.15, 0.2) is 0 Å². The maximum absolute atomic E-state index is 12.9. The van der Waals surface area contributed by atoms with Gasteiger partial charge in [-0.25, -0.2) is 0 Å². The summed E-state index contributed by atoms with van der Waals surface area (Å²) in [6, 6.07) is 1.34. The van der Waals surface area contributed by atoms with Crippen LogP contribution in [-0.2, 0) is 4.79 Å². The SMILES string of the molecule is CC(C)C1CCC(N2CCN(C(=O)[C@H]3CCN(C(C)C)C3)CC2)CC1. The van der Waals surface area contributed by atoms with Gasteiger partial charge in [-0.15, -0.1) is 0 Å². The molecule has 2 saturated heterocycles. The van der Waals surface area contributed by atoms with Crippen LogP contribution in [-0.4, -0.2) is 72.0 Å². The van der Waals surface area contributed by atoms with E-state index in [1.807, 2.05) is 0 Å². The summed E-state index contributed by atoms with van der Waals surface area (Å²) in [4.78, 5) is 20.1. The van der Waals surface area contributed by atoms with E-state index in [0.717, 1.165) is 63.6 Å². The van der Waals surface area contributed by atoms with Crippen LogP contribution in [0.25, 0.3) is 0 Å². The summed E-state index contributed by atoms with van der Waals surface area (Å²) in [7, 11) is 0. The lowest BCUT2D eigenvalue weighted by Crippen LogP contribution is -2.54. The maximum Gasteiger partial charge on any atom is 0.227 e. The molecule has 0 aromatic carbocycles. The molecule has 0 aromatic heterocycles. The van der Waals surface area contributed by atoms with Gasteiger partial charge in [0.25, 0.3) is 0 Å². The Bertz CT molecular complexity index is 434. The lowest BCUT2D eigenvalue weighted by atomic mass is 9.79. The lowest BCUT2D eigenvalue weighted by Gasteiger charge is -2.43. The zero-order valence-electron chi connectivity index (χ0n) is 16.9. The molecule has 0 aromatic rings. The first-order chi connectivity index (χ1) is 12.0. The number of rotatable bonds is 4. The highest BCUT2D eigenvalue weighted by atomic mass is 16.2. The summed E-state index contributed by atoms with van der Waals surface area (Å²) in [6.45, 7) is 15.3. The van der Waals surface area contributed by atoms with Crippen molar-refractivity contribution in [2.75, 3.05) is 39.3 Å². The van der Waals surface area contributed by atoms with E-state index in [1.54, 1.807) is 0 Å². The van der Waals surface area contributed by atoms with Gasteiger partial charge in [0.05, 0.1) is 5.92 Å². The maximum atomic E-state index is 12.9. The van der Waals surface area contributed by atoms with Crippen molar-refractivity contribution in [2.45, 2.75) is 71.9 Å². The first-order valence-electron chi connectivity index (χ1n) is 10.7. The van der Waals surface area contributed by atoms with E-state index in [0.29, 0.717) is 11.9 Å². The number of carbonyl (C=O) groups is 1. The molecule has 1 atom stereocenters. The fourth-order valence-corrected chi connectivity index (χ4v) is 5.16. The van der Waals surface area contributed by atoms with Crippen LogP contribution >= 0.6 is 0 Å². The summed E-state index contributed by atoms with van der Waals surface area (Å²) in [5.41, 5.74) is 0. The fourth-order valence-electron chi connectivity index (χ4n) is 5.16. The molecule has 0 radical (unpaired) electrons. The van der Waals surface area contributed by atoms with Crippen molar-refractivity contribution in [3.05, 3.63) is 0 Å². The number of nitrogens with zero attached hydrogens (tertiary/aromatic N) is 3. The molecule has 3 aliphatic rings. The van der Waals surface area contributed by atoms with E-state index >= 15 is 0 Å². The molecule has 2 aliphatic heterocycles. The monoisotopic (exact) mass is 349 g/mol.